The van der Waals surface area contributed by atoms with E-state index in [0.29, 0.717) is 5.92 Å². The van der Waals surface area contributed by atoms with Crippen LogP contribution < -0.4 is 0 Å². The Balaban J connectivity index is 3.46. The fourth-order valence-electron chi connectivity index (χ4n) is 0.387. The molecule has 0 aliphatic rings. The van der Waals surface area contributed by atoms with Gasteiger partial charge in [-0.05, 0) is 23.6 Å². The third-order valence-electron chi connectivity index (χ3n) is 0.834. The molecule has 0 radical (unpaired) electrons. The van der Waals surface area contributed by atoms with Crippen molar-refractivity contribution in [1.29, 1.82) is 0 Å². The summed E-state index contributed by atoms with van der Waals surface area (Å²) in [4.78, 5) is 9.46. The Bertz CT molecular complexity index is 132. The molecule has 0 heterocycles. The molecule has 0 spiro atoms. The molecule has 0 saturated heterocycles. The van der Waals surface area contributed by atoms with Gasteiger partial charge in [0.2, 0.25) is 0 Å². The molecule has 0 fully saturated rings. The van der Waals surface area contributed by atoms with Gasteiger partial charge < -0.3 is 0 Å². The van der Waals surface area contributed by atoms with E-state index in [1.807, 2.05) is 6.08 Å². The van der Waals surface area contributed by atoms with E-state index < -0.39 is 0 Å². The highest BCUT2D eigenvalue weighted by Crippen LogP contribution is 1.97. The molecular formula is C7H11NO. The van der Waals surface area contributed by atoms with E-state index in [2.05, 4.69) is 24.8 Å². The third-order valence-corrected chi connectivity index (χ3v) is 0.834. The highest BCUT2D eigenvalue weighted by molar-refractivity contribution is 4.83. The fraction of sp³-hybridized carbons (Fsp3) is 0.571. The van der Waals surface area contributed by atoms with E-state index in [1.165, 1.54) is 0 Å². The van der Waals surface area contributed by atoms with Gasteiger partial charge in [0, 0.05) is 0 Å². The van der Waals surface area contributed by atoms with Gasteiger partial charge in [-0.15, -0.1) is 10.6 Å². The molecular weight excluding hydrogens is 114 g/mol. The molecule has 0 aliphatic carbocycles. The molecule has 0 aromatic carbocycles. The van der Waals surface area contributed by atoms with Crippen molar-refractivity contribution in [2.75, 3.05) is 0 Å². The average Bonchev–Trinajstić information content (AvgIpc) is 1.80. The van der Waals surface area contributed by atoms with Gasteiger partial charge in [-0.3, -0.25) is 0 Å². The summed E-state index contributed by atoms with van der Waals surface area (Å²) in [7, 11) is 0. The van der Waals surface area contributed by atoms with Crippen molar-refractivity contribution in [3.63, 3.8) is 0 Å². The van der Waals surface area contributed by atoms with Crippen LogP contribution in [-0.2, 0) is 0 Å². The van der Waals surface area contributed by atoms with E-state index in [-0.39, 0.29) is 0 Å². The summed E-state index contributed by atoms with van der Waals surface area (Å²) in [5.74, 6) is 0.623. The van der Waals surface area contributed by atoms with E-state index in [4.69, 9.17) is 0 Å². The Morgan fingerprint density at radius 1 is 1.67 bits per heavy atom. The SMILES string of the molecule is CC(C)CC=C=CN=O. The van der Waals surface area contributed by atoms with Gasteiger partial charge in [0.25, 0.3) is 0 Å². The summed E-state index contributed by atoms with van der Waals surface area (Å²) in [6.07, 6.45) is 3.89. The predicted molar refractivity (Wildman–Crippen MR) is 37.9 cm³/mol. The highest BCUT2D eigenvalue weighted by Gasteiger charge is 1.84. The Hall–Kier alpha value is -0.880. The lowest BCUT2D eigenvalue weighted by Crippen LogP contribution is -1.79. The molecule has 0 amide bonds. The normalized spacial score (nSPS) is 8.33. The molecule has 2 heteroatoms. The van der Waals surface area contributed by atoms with Crippen LogP contribution in [0.5, 0.6) is 0 Å². The molecule has 0 atom stereocenters. The second-order valence-corrected chi connectivity index (χ2v) is 2.23. The van der Waals surface area contributed by atoms with E-state index >= 15 is 0 Å². The first kappa shape index (κ1) is 8.12. The molecule has 50 valence electrons. The zero-order valence-electron chi connectivity index (χ0n) is 5.79. The minimum Gasteiger partial charge on any atom is -0.145 e. The van der Waals surface area contributed by atoms with E-state index in [0.717, 1.165) is 12.6 Å². The number of allylic oxidation sites excluding steroid dienone is 1. The predicted octanol–water partition coefficient (Wildman–Crippen LogP) is 2.47. The highest BCUT2D eigenvalue weighted by atomic mass is 16.2. The zero-order valence-corrected chi connectivity index (χ0v) is 5.79. The maximum atomic E-state index is 9.46. The molecule has 0 bridgehead atoms. The Labute approximate surface area is 55.2 Å². The largest absolute Gasteiger partial charge is 0.145 e. The second-order valence-electron chi connectivity index (χ2n) is 2.23. The molecule has 0 aromatic rings. The van der Waals surface area contributed by atoms with Gasteiger partial charge in [0.05, 0.1) is 0 Å². The smallest absolute Gasteiger partial charge is 0.113 e. The summed E-state index contributed by atoms with van der Waals surface area (Å²) in [5.41, 5.74) is 2.64. The maximum Gasteiger partial charge on any atom is 0.113 e. The van der Waals surface area contributed by atoms with Crippen LogP contribution in [0.25, 0.3) is 0 Å². The molecule has 0 N–H and O–H groups in total. The Morgan fingerprint density at radius 2 is 2.33 bits per heavy atom. The van der Waals surface area contributed by atoms with Crippen LogP contribution >= 0.6 is 0 Å². The molecule has 0 aliphatic heterocycles. The quantitative estimate of drug-likeness (QED) is 0.421. The van der Waals surface area contributed by atoms with Crippen molar-refractivity contribution in [2.45, 2.75) is 20.3 Å². The monoisotopic (exact) mass is 125 g/mol. The fourth-order valence-corrected chi connectivity index (χ4v) is 0.387. The topological polar surface area (TPSA) is 29.4 Å². The van der Waals surface area contributed by atoms with Gasteiger partial charge in [0.15, 0.2) is 0 Å². The first-order chi connectivity index (χ1) is 4.27. The second kappa shape index (κ2) is 5.26. The van der Waals surface area contributed by atoms with Crippen LogP contribution in [0.2, 0.25) is 0 Å². The minimum absolute atomic E-state index is 0.623. The number of hydrogen-bond donors (Lipinski definition) is 0. The van der Waals surface area contributed by atoms with Gasteiger partial charge in [-0.25, -0.2) is 0 Å². The lowest BCUT2D eigenvalue weighted by Gasteiger charge is -1.92. The van der Waals surface area contributed by atoms with Crippen LogP contribution in [0.3, 0.4) is 0 Å². The van der Waals surface area contributed by atoms with Gasteiger partial charge >= 0.3 is 0 Å². The van der Waals surface area contributed by atoms with Crippen LogP contribution in [-0.4, -0.2) is 0 Å². The number of rotatable bonds is 3. The summed E-state index contributed by atoms with van der Waals surface area (Å²) in [6, 6.07) is 0. The van der Waals surface area contributed by atoms with Gasteiger partial charge in [-0.1, -0.05) is 13.8 Å². The summed E-state index contributed by atoms with van der Waals surface area (Å²) in [6.45, 7) is 4.21. The minimum atomic E-state index is 0.623. The van der Waals surface area contributed by atoms with E-state index in [9.17, 15) is 4.91 Å². The molecule has 9 heavy (non-hydrogen) atoms. The lowest BCUT2D eigenvalue weighted by molar-refractivity contribution is 0.664. The summed E-state index contributed by atoms with van der Waals surface area (Å²) < 4.78 is 0. The molecule has 0 rings (SSSR count). The summed E-state index contributed by atoms with van der Waals surface area (Å²) >= 11 is 0. The first-order valence-corrected chi connectivity index (χ1v) is 2.99. The van der Waals surface area contributed by atoms with Crippen LogP contribution in [0.1, 0.15) is 20.3 Å². The third kappa shape index (κ3) is 7.12. The molecule has 0 saturated carbocycles. The van der Waals surface area contributed by atoms with Crippen molar-refractivity contribution in [3.8, 4) is 0 Å². The summed E-state index contributed by atoms with van der Waals surface area (Å²) in [5, 5.41) is 2.52. The Kier molecular flexibility index (Phi) is 4.75. The maximum absolute atomic E-state index is 9.46. The van der Waals surface area contributed by atoms with Crippen LogP contribution in [0, 0.1) is 10.8 Å². The van der Waals surface area contributed by atoms with Crippen LogP contribution in [0.15, 0.2) is 23.2 Å². The molecule has 0 aromatic heterocycles. The molecule has 0 unspecified atom stereocenters. The van der Waals surface area contributed by atoms with Gasteiger partial charge in [0.1, 0.15) is 6.20 Å². The first-order valence-electron chi connectivity index (χ1n) is 2.99. The standard InChI is InChI=1S/C7H11NO/c1-7(2)5-3-4-6-8-9/h3,6-7H,5H2,1-2H3. The number of nitrogens with zero attached hydrogens (tertiary/aromatic N) is 1. The Morgan fingerprint density at radius 3 is 2.78 bits per heavy atom. The van der Waals surface area contributed by atoms with Gasteiger partial charge in [-0.2, -0.15) is 0 Å². The van der Waals surface area contributed by atoms with Crippen molar-refractivity contribution < 1.29 is 0 Å². The lowest BCUT2D eigenvalue weighted by atomic mass is 10.1. The van der Waals surface area contributed by atoms with Crippen molar-refractivity contribution in [2.24, 2.45) is 11.1 Å². The zero-order chi connectivity index (χ0) is 7.11. The van der Waals surface area contributed by atoms with E-state index in [1.54, 1.807) is 0 Å². The molecule has 2 nitrogen and oxygen atoms in total. The average molecular weight is 125 g/mol. The number of nitroso groups, excluding NO2 is 1. The van der Waals surface area contributed by atoms with Crippen molar-refractivity contribution >= 4 is 0 Å². The van der Waals surface area contributed by atoms with Crippen molar-refractivity contribution in [1.82, 2.24) is 0 Å². The van der Waals surface area contributed by atoms with Crippen molar-refractivity contribution in [3.05, 3.63) is 22.9 Å². The van der Waals surface area contributed by atoms with Crippen LogP contribution in [0.4, 0.5) is 0 Å². The number of hydrogen-bond acceptors (Lipinski definition) is 2.